The zero-order chi connectivity index (χ0) is 20.4. The highest BCUT2D eigenvalue weighted by molar-refractivity contribution is 5.78. The Hall–Kier alpha value is -3.24. The molecule has 0 unspecified atom stereocenters. The molecule has 0 saturated carbocycles. The van der Waals surface area contributed by atoms with Crippen LogP contribution in [0.1, 0.15) is 11.9 Å². The summed E-state index contributed by atoms with van der Waals surface area (Å²) < 4.78 is 1.23. The Kier molecular flexibility index (Phi) is 5.28. The first-order valence-electron chi connectivity index (χ1n) is 8.99. The van der Waals surface area contributed by atoms with E-state index < -0.39 is 24.9 Å². The van der Waals surface area contributed by atoms with E-state index in [1.54, 1.807) is 0 Å². The largest absolute Gasteiger partial charge is 0.394 e. The number of fused-ring (bicyclic) bond motifs is 1. The van der Waals surface area contributed by atoms with Gasteiger partial charge in [0.15, 0.2) is 5.82 Å². The van der Waals surface area contributed by atoms with Crippen molar-refractivity contribution in [2.24, 2.45) is 0 Å². The van der Waals surface area contributed by atoms with Crippen molar-refractivity contribution >= 4 is 5.78 Å². The second-order valence-corrected chi connectivity index (χ2v) is 6.50. The van der Waals surface area contributed by atoms with Gasteiger partial charge in [0.1, 0.15) is 29.7 Å². The van der Waals surface area contributed by atoms with Crippen molar-refractivity contribution < 1.29 is 20.4 Å². The number of rotatable bonds is 6. The first kappa shape index (κ1) is 19.1. The molecular weight excluding hydrogens is 374 g/mol. The van der Waals surface area contributed by atoms with Gasteiger partial charge in [0.2, 0.25) is 0 Å². The van der Waals surface area contributed by atoms with Crippen molar-refractivity contribution in [3.05, 3.63) is 66.5 Å². The van der Waals surface area contributed by atoms with E-state index in [-0.39, 0.29) is 11.6 Å². The van der Waals surface area contributed by atoms with E-state index in [0.29, 0.717) is 11.4 Å². The number of hydrogen-bond donors (Lipinski definition) is 4. The summed E-state index contributed by atoms with van der Waals surface area (Å²) in [5, 5.41) is 51.6. The molecular formula is C20H19N5O4. The maximum Gasteiger partial charge on any atom is 0.272 e. The SMILES string of the molecule is OC[C@H](O)[C@H](O)[C@@H](O)c1nnc2nc(-c3ccccc3)c(-c3ccccc3)nn12. The Morgan fingerprint density at radius 2 is 1.38 bits per heavy atom. The minimum Gasteiger partial charge on any atom is -0.394 e. The highest BCUT2D eigenvalue weighted by Gasteiger charge is 2.30. The number of nitrogens with zero attached hydrogens (tertiary/aromatic N) is 5. The lowest BCUT2D eigenvalue weighted by atomic mass is 10.0. The molecule has 0 aliphatic heterocycles. The van der Waals surface area contributed by atoms with Gasteiger partial charge in [-0.3, -0.25) is 0 Å². The lowest BCUT2D eigenvalue weighted by molar-refractivity contribution is -0.0808. The summed E-state index contributed by atoms with van der Waals surface area (Å²) in [6.07, 6.45) is -4.82. The van der Waals surface area contributed by atoms with Crippen LogP contribution in [0.5, 0.6) is 0 Å². The number of hydrogen-bond acceptors (Lipinski definition) is 8. The molecule has 0 saturated heterocycles. The van der Waals surface area contributed by atoms with E-state index in [4.69, 9.17) is 5.11 Å². The van der Waals surface area contributed by atoms with Gasteiger partial charge in [-0.2, -0.15) is 9.61 Å². The fourth-order valence-corrected chi connectivity index (χ4v) is 2.99. The summed E-state index contributed by atoms with van der Waals surface area (Å²) >= 11 is 0. The van der Waals surface area contributed by atoms with Crippen LogP contribution in [0, 0.1) is 0 Å². The van der Waals surface area contributed by atoms with E-state index in [0.717, 1.165) is 11.1 Å². The zero-order valence-corrected chi connectivity index (χ0v) is 15.2. The third-order valence-corrected chi connectivity index (χ3v) is 4.55. The summed E-state index contributed by atoms with van der Waals surface area (Å²) in [4.78, 5) is 4.57. The van der Waals surface area contributed by atoms with Crippen molar-refractivity contribution in [1.82, 2.24) is 24.8 Å². The molecule has 9 nitrogen and oxygen atoms in total. The van der Waals surface area contributed by atoms with Gasteiger partial charge in [-0.15, -0.1) is 10.2 Å². The first-order valence-corrected chi connectivity index (χ1v) is 8.99. The van der Waals surface area contributed by atoms with Crippen molar-refractivity contribution in [2.75, 3.05) is 6.61 Å². The van der Waals surface area contributed by atoms with Crippen molar-refractivity contribution in [3.63, 3.8) is 0 Å². The maximum atomic E-state index is 10.4. The van der Waals surface area contributed by atoms with E-state index >= 15 is 0 Å². The lowest BCUT2D eigenvalue weighted by Gasteiger charge is -2.20. The Labute approximate surface area is 165 Å². The van der Waals surface area contributed by atoms with Gasteiger partial charge >= 0.3 is 0 Å². The van der Waals surface area contributed by atoms with Gasteiger partial charge in [-0.05, 0) is 0 Å². The van der Waals surface area contributed by atoms with Crippen LogP contribution in [-0.2, 0) is 0 Å². The molecule has 4 aromatic rings. The van der Waals surface area contributed by atoms with Crippen LogP contribution >= 0.6 is 0 Å². The molecule has 0 aliphatic rings. The predicted molar refractivity (Wildman–Crippen MR) is 104 cm³/mol. The Morgan fingerprint density at radius 1 is 0.793 bits per heavy atom. The molecule has 9 heteroatoms. The van der Waals surface area contributed by atoms with Crippen molar-refractivity contribution in [2.45, 2.75) is 18.3 Å². The summed E-state index contributed by atoms with van der Waals surface area (Å²) in [7, 11) is 0. The fraction of sp³-hybridized carbons (Fsp3) is 0.200. The molecule has 0 aliphatic carbocycles. The second-order valence-electron chi connectivity index (χ2n) is 6.50. The molecule has 148 valence electrons. The number of aliphatic hydroxyl groups is 4. The summed E-state index contributed by atoms with van der Waals surface area (Å²) in [6, 6.07) is 18.9. The van der Waals surface area contributed by atoms with Crippen LogP contribution < -0.4 is 0 Å². The molecule has 2 heterocycles. The molecule has 0 amide bonds. The predicted octanol–water partition coefficient (Wildman–Crippen LogP) is 0.601. The van der Waals surface area contributed by atoms with Crippen LogP contribution in [-0.4, -0.2) is 64.0 Å². The molecule has 4 N–H and O–H groups in total. The Balaban J connectivity index is 1.90. The van der Waals surface area contributed by atoms with Crippen molar-refractivity contribution in [1.29, 1.82) is 0 Å². The number of aromatic nitrogens is 5. The van der Waals surface area contributed by atoms with E-state index in [9.17, 15) is 15.3 Å². The molecule has 0 radical (unpaired) electrons. The number of aliphatic hydroxyl groups excluding tert-OH is 4. The number of benzene rings is 2. The van der Waals surface area contributed by atoms with E-state index in [1.807, 2.05) is 60.7 Å². The first-order chi connectivity index (χ1) is 14.1. The minimum atomic E-state index is -1.66. The monoisotopic (exact) mass is 393 g/mol. The highest BCUT2D eigenvalue weighted by atomic mass is 16.4. The Morgan fingerprint density at radius 3 is 1.97 bits per heavy atom. The third kappa shape index (κ3) is 3.59. The maximum absolute atomic E-state index is 10.4. The van der Waals surface area contributed by atoms with Gasteiger partial charge in [0.05, 0.1) is 6.61 Å². The van der Waals surface area contributed by atoms with Crippen LogP contribution in [0.3, 0.4) is 0 Å². The summed E-state index contributed by atoms with van der Waals surface area (Å²) in [5.74, 6) is 0.0348. The third-order valence-electron chi connectivity index (χ3n) is 4.55. The molecule has 29 heavy (non-hydrogen) atoms. The van der Waals surface area contributed by atoms with Gasteiger partial charge in [-0.25, -0.2) is 4.98 Å². The Bertz CT molecular complexity index is 1100. The molecule has 0 spiro atoms. The van der Waals surface area contributed by atoms with Gasteiger partial charge in [0.25, 0.3) is 5.78 Å². The average Bonchev–Trinajstić information content (AvgIpc) is 3.20. The molecule has 0 fully saturated rings. The standard InChI is InChI=1S/C20H19N5O4/c26-11-14(27)17(28)18(29)19-22-23-20-21-15(12-7-3-1-4-8-12)16(24-25(19)20)13-9-5-2-6-10-13/h1-10,14,17-18,26-29H,11H2/t14-,17-,18+/m0/s1. The molecule has 2 aromatic carbocycles. The molecule has 2 aromatic heterocycles. The molecule has 3 atom stereocenters. The molecule has 0 bridgehead atoms. The minimum absolute atomic E-state index is 0.0932. The zero-order valence-electron chi connectivity index (χ0n) is 15.2. The van der Waals surface area contributed by atoms with Gasteiger partial charge in [0, 0.05) is 11.1 Å². The van der Waals surface area contributed by atoms with Gasteiger partial charge < -0.3 is 20.4 Å². The smallest absolute Gasteiger partial charge is 0.272 e. The fourth-order valence-electron chi connectivity index (χ4n) is 2.99. The van der Waals surface area contributed by atoms with E-state index in [1.165, 1.54) is 4.52 Å². The second kappa shape index (κ2) is 8.02. The summed E-state index contributed by atoms with van der Waals surface area (Å²) in [5.41, 5.74) is 2.76. The topological polar surface area (TPSA) is 137 Å². The van der Waals surface area contributed by atoms with Gasteiger partial charge in [-0.1, -0.05) is 60.7 Å². The van der Waals surface area contributed by atoms with Crippen LogP contribution in [0.4, 0.5) is 0 Å². The van der Waals surface area contributed by atoms with E-state index in [2.05, 4.69) is 20.3 Å². The summed E-state index contributed by atoms with van der Waals surface area (Å²) in [6.45, 7) is -0.714. The lowest BCUT2D eigenvalue weighted by Crippen LogP contribution is -2.35. The quantitative estimate of drug-likeness (QED) is 0.374. The van der Waals surface area contributed by atoms with Crippen LogP contribution in [0.15, 0.2) is 60.7 Å². The highest BCUT2D eigenvalue weighted by Crippen LogP contribution is 2.29. The average molecular weight is 393 g/mol. The van der Waals surface area contributed by atoms with Crippen molar-refractivity contribution in [3.8, 4) is 22.5 Å². The normalized spacial score (nSPS) is 14.6. The van der Waals surface area contributed by atoms with Crippen LogP contribution in [0.25, 0.3) is 28.3 Å². The van der Waals surface area contributed by atoms with Crippen LogP contribution in [0.2, 0.25) is 0 Å². The molecule has 4 rings (SSSR count).